The first-order valence-corrected chi connectivity index (χ1v) is 8.73. The fraction of sp³-hybridized carbons (Fsp3) is 0.200. The van der Waals surface area contributed by atoms with E-state index in [1.165, 1.54) is 24.3 Å². The minimum absolute atomic E-state index is 0.0261. The van der Waals surface area contributed by atoms with Crippen LogP contribution in [-0.4, -0.2) is 19.4 Å². The van der Waals surface area contributed by atoms with Crippen LogP contribution in [0.25, 0.3) is 0 Å². The highest BCUT2D eigenvalue weighted by Crippen LogP contribution is 2.38. The molecule has 1 atom stereocenters. The molecule has 126 valence electrons. The SMILES string of the molecule is CC1Cc2cc(S(=O)(=O)Oc3ccc([N+](=O)[O-])cc3)cc(Cl)c2O1. The lowest BCUT2D eigenvalue weighted by Gasteiger charge is -2.09. The van der Waals surface area contributed by atoms with Gasteiger partial charge < -0.3 is 8.92 Å². The highest BCUT2D eigenvalue weighted by atomic mass is 35.5. The third-order valence-electron chi connectivity index (χ3n) is 3.46. The van der Waals surface area contributed by atoms with Crippen molar-refractivity contribution in [3.63, 3.8) is 0 Å². The Morgan fingerprint density at radius 1 is 1.29 bits per heavy atom. The zero-order chi connectivity index (χ0) is 17.5. The molecule has 1 heterocycles. The van der Waals surface area contributed by atoms with Gasteiger partial charge in [-0.15, -0.1) is 0 Å². The predicted molar refractivity (Wildman–Crippen MR) is 86.2 cm³/mol. The summed E-state index contributed by atoms with van der Waals surface area (Å²) in [6.07, 6.45) is 0.474. The molecule has 9 heteroatoms. The van der Waals surface area contributed by atoms with E-state index in [9.17, 15) is 18.5 Å². The van der Waals surface area contributed by atoms with Crippen molar-refractivity contribution in [1.82, 2.24) is 0 Å². The molecule has 1 aliphatic rings. The van der Waals surface area contributed by atoms with Crippen LogP contribution in [0, 0.1) is 10.1 Å². The summed E-state index contributed by atoms with van der Waals surface area (Å²) in [5.74, 6) is 0.459. The largest absolute Gasteiger partial charge is 0.489 e. The summed E-state index contributed by atoms with van der Waals surface area (Å²) < 4.78 is 35.3. The Hall–Kier alpha value is -2.32. The number of nitrogens with zero attached hydrogens (tertiary/aromatic N) is 1. The lowest BCUT2D eigenvalue weighted by molar-refractivity contribution is -0.384. The zero-order valence-corrected chi connectivity index (χ0v) is 14.0. The maximum absolute atomic E-state index is 12.4. The Morgan fingerprint density at radius 3 is 2.58 bits per heavy atom. The number of non-ortho nitro benzene ring substituents is 1. The predicted octanol–water partition coefficient (Wildman–Crippen LogP) is 3.34. The van der Waals surface area contributed by atoms with E-state index in [0.29, 0.717) is 17.7 Å². The van der Waals surface area contributed by atoms with Crippen LogP contribution >= 0.6 is 11.6 Å². The lowest BCUT2D eigenvalue weighted by Crippen LogP contribution is -2.10. The van der Waals surface area contributed by atoms with E-state index >= 15 is 0 Å². The van der Waals surface area contributed by atoms with Gasteiger partial charge in [0.05, 0.1) is 9.95 Å². The maximum Gasteiger partial charge on any atom is 0.339 e. The van der Waals surface area contributed by atoms with Crippen LogP contribution in [0.1, 0.15) is 12.5 Å². The van der Waals surface area contributed by atoms with E-state index in [-0.39, 0.29) is 27.5 Å². The molecule has 1 aliphatic heterocycles. The Balaban J connectivity index is 1.90. The van der Waals surface area contributed by atoms with Crippen molar-refractivity contribution in [3.05, 3.63) is 57.1 Å². The first-order valence-electron chi connectivity index (χ1n) is 6.94. The first kappa shape index (κ1) is 16.5. The van der Waals surface area contributed by atoms with Crippen molar-refractivity contribution in [2.45, 2.75) is 24.3 Å². The van der Waals surface area contributed by atoms with Crippen molar-refractivity contribution >= 4 is 27.4 Å². The second-order valence-corrected chi connectivity index (χ2v) is 7.27. The molecular weight excluding hydrogens is 358 g/mol. The number of hydrogen-bond donors (Lipinski definition) is 0. The molecule has 0 saturated carbocycles. The lowest BCUT2D eigenvalue weighted by atomic mass is 10.1. The number of hydrogen-bond acceptors (Lipinski definition) is 6. The Morgan fingerprint density at radius 2 is 1.96 bits per heavy atom. The smallest absolute Gasteiger partial charge is 0.339 e. The number of benzene rings is 2. The molecule has 3 rings (SSSR count). The third kappa shape index (κ3) is 3.15. The maximum atomic E-state index is 12.4. The van der Waals surface area contributed by atoms with Gasteiger partial charge in [0, 0.05) is 24.1 Å². The van der Waals surface area contributed by atoms with Gasteiger partial charge in [0.15, 0.2) is 0 Å². The number of rotatable bonds is 4. The summed E-state index contributed by atoms with van der Waals surface area (Å²) in [5, 5.41) is 10.8. The molecule has 0 fully saturated rings. The zero-order valence-electron chi connectivity index (χ0n) is 12.4. The normalized spacial score (nSPS) is 16.3. The molecule has 7 nitrogen and oxygen atoms in total. The molecule has 2 aromatic rings. The molecule has 0 aliphatic carbocycles. The molecule has 0 radical (unpaired) electrons. The minimum atomic E-state index is -4.12. The molecule has 0 bridgehead atoms. The van der Waals surface area contributed by atoms with Crippen LogP contribution in [0.5, 0.6) is 11.5 Å². The quantitative estimate of drug-likeness (QED) is 0.466. The number of nitro groups is 1. The van der Waals surface area contributed by atoms with Crippen molar-refractivity contribution in [3.8, 4) is 11.5 Å². The number of halogens is 1. The Labute approximate surface area is 143 Å². The van der Waals surface area contributed by atoms with E-state index < -0.39 is 15.0 Å². The summed E-state index contributed by atoms with van der Waals surface area (Å²) >= 11 is 6.08. The Bertz CT molecular complexity index is 910. The monoisotopic (exact) mass is 369 g/mol. The van der Waals surface area contributed by atoms with E-state index in [2.05, 4.69) is 0 Å². The molecule has 0 amide bonds. The van der Waals surface area contributed by atoms with Crippen molar-refractivity contribution in [2.24, 2.45) is 0 Å². The van der Waals surface area contributed by atoms with Gasteiger partial charge in [0.1, 0.15) is 22.5 Å². The van der Waals surface area contributed by atoms with Crippen molar-refractivity contribution in [1.29, 1.82) is 0 Å². The molecular formula is C15H12ClNO6S. The van der Waals surface area contributed by atoms with Gasteiger partial charge in [-0.1, -0.05) is 11.6 Å². The van der Waals surface area contributed by atoms with E-state index in [1.807, 2.05) is 6.92 Å². The molecule has 2 aromatic carbocycles. The summed E-state index contributed by atoms with van der Waals surface area (Å²) in [4.78, 5) is 9.93. The minimum Gasteiger partial charge on any atom is -0.489 e. The van der Waals surface area contributed by atoms with Crippen molar-refractivity contribution < 1.29 is 22.3 Å². The van der Waals surface area contributed by atoms with Crippen LogP contribution < -0.4 is 8.92 Å². The molecule has 0 saturated heterocycles. The average molecular weight is 370 g/mol. The number of ether oxygens (including phenoxy) is 1. The van der Waals surface area contributed by atoms with Gasteiger partial charge in [-0.2, -0.15) is 8.42 Å². The highest BCUT2D eigenvalue weighted by molar-refractivity contribution is 7.87. The molecule has 1 unspecified atom stereocenters. The topological polar surface area (TPSA) is 95.7 Å². The van der Waals surface area contributed by atoms with E-state index in [1.54, 1.807) is 0 Å². The van der Waals surface area contributed by atoms with Crippen molar-refractivity contribution in [2.75, 3.05) is 0 Å². The second-order valence-electron chi connectivity index (χ2n) is 5.31. The molecule has 24 heavy (non-hydrogen) atoms. The van der Waals surface area contributed by atoms with Gasteiger partial charge in [-0.25, -0.2) is 0 Å². The van der Waals surface area contributed by atoms with Gasteiger partial charge >= 0.3 is 10.1 Å². The summed E-state index contributed by atoms with van der Waals surface area (Å²) in [7, 11) is -4.12. The summed E-state index contributed by atoms with van der Waals surface area (Å²) in [6.45, 7) is 1.86. The van der Waals surface area contributed by atoms with Crippen LogP contribution in [0.4, 0.5) is 5.69 Å². The number of fused-ring (bicyclic) bond motifs is 1. The van der Waals surface area contributed by atoms with Crippen LogP contribution in [0.3, 0.4) is 0 Å². The van der Waals surface area contributed by atoms with Crippen LogP contribution in [0.2, 0.25) is 5.02 Å². The summed E-state index contributed by atoms with van der Waals surface area (Å²) in [5.41, 5.74) is 0.535. The second kappa shape index (κ2) is 5.95. The van der Waals surface area contributed by atoms with Gasteiger partial charge in [0.2, 0.25) is 0 Å². The van der Waals surface area contributed by atoms with E-state index in [0.717, 1.165) is 12.1 Å². The third-order valence-corrected chi connectivity index (χ3v) is 4.97. The first-order chi connectivity index (χ1) is 11.3. The van der Waals surface area contributed by atoms with Gasteiger partial charge in [-0.3, -0.25) is 10.1 Å². The average Bonchev–Trinajstić information content (AvgIpc) is 2.88. The fourth-order valence-electron chi connectivity index (χ4n) is 2.40. The fourth-order valence-corrected chi connectivity index (χ4v) is 3.76. The molecule has 0 aromatic heterocycles. The molecule has 0 spiro atoms. The van der Waals surface area contributed by atoms with E-state index in [4.69, 9.17) is 20.5 Å². The highest BCUT2D eigenvalue weighted by Gasteiger charge is 2.27. The van der Waals surface area contributed by atoms with Gasteiger partial charge in [0.25, 0.3) is 5.69 Å². The van der Waals surface area contributed by atoms with Crippen LogP contribution in [0.15, 0.2) is 41.3 Å². The summed E-state index contributed by atoms with van der Waals surface area (Å²) in [6, 6.07) is 7.49. The standard InChI is InChI=1S/C15H12ClNO6S/c1-9-6-10-7-13(8-14(16)15(10)22-9)24(20,21)23-12-4-2-11(3-5-12)17(18)19/h2-5,7-9H,6H2,1H3. The molecule has 0 N–H and O–H groups in total. The van der Waals surface area contributed by atoms with Crippen LogP contribution in [-0.2, 0) is 16.5 Å². The number of nitro benzene ring substituents is 1. The Kier molecular flexibility index (Phi) is 4.10. The van der Waals surface area contributed by atoms with Gasteiger partial charge in [-0.05, 0) is 31.2 Å².